The van der Waals surface area contributed by atoms with Crippen LogP contribution in [0, 0.1) is 0 Å². The summed E-state index contributed by atoms with van der Waals surface area (Å²) in [6.07, 6.45) is 0.276. The molecule has 5 heteroatoms. The van der Waals surface area contributed by atoms with E-state index in [1.165, 1.54) is 5.69 Å². The molecule has 1 aromatic carbocycles. The molecule has 0 bridgehead atoms. The topological polar surface area (TPSA) is 38.5 Å². The Bertz CT molecular complexity index is 439. The zero-order chi connectivity index (χ0) is 12.4. The summed E-state index contributed by atoms with van der Waals surface area (Å²) in [4.78, 5) is 2.72. The molecule has 1 unspecified atom stereocenters. The van der Waals surface area contributed by atoms with Crippen LogP contribution >= 0.6 is 28.1 Å². The fourth-order valence-electron chi connectivity index (χ4n) is 1.95. The Morgan fingerprint density at radius 1 is 1.59 bits per heavy atom. The zero-order valence-corrected chi connectivity index (χ0v) is 12.1. The van der Waals surface area contributed by atoms with E-state index in [2.05, 4.69) is 39.9 Å². The van der Waals surface area contributed by atoms with E-state index in [0.717, 1.165) is 29.7 Å². The van der Waals surface area contributed by atoms with Gasteiger partial charge in [-0.05, 0) is 41.1 Å². The van der Waals surface area contributed by atoms with Crippen LogP contribution in [0.2, 0.25) is 0 Å². The van der Waals surface area contributed by atoms with Crippen LogP contribution in [0.25, 0.3) is 0 Å². The smallest absolute Gasteiger partial charge is 0.105 e. The first kappa shape index (κ1) is 12.8. The van der Waals surface area contributed by atoms with Gasteiger partial charge in [0.05, 0.1) is 12.7 Å². The maximum Gasteiger partial charge on any atom is 0.105 e. The van der Waals surface area contributed by atoms with Crippen LogP contribution in [0.4, 0.5) is 5.69 Å². The highest BCUT2D eigenvalue weighted by atomic mass is 79.9. The van der Waals surface area contributed by atoms with Crippen molar-refractivity contribution in [1.29, 1.82) is 0 Å². The predicted molar refractivity (Wildman–Crippen MR) is 77.7 cm³/mol. The second kappa shape index (κ2) is 5.33. The largest absolute Gasteiger partial charge is 0.389 e. The van der Waals surface area contributed by atoms with Crippen LogP contribution < -0.4 is 10.6 Å². The van der Waals surface area contributed by atoms with Gasteiger partial charge in [0.1, 0.15) is 4.99 Å². The summed E-state index contributed by atoms with van der Waals surface area (Å²) < 4.78 is 6.47. The van der Waals surface area contributed by atoms with Crippen molar-refractivity contribution in [2.24, 2.45) is 5.73 Å². The Hall–Kier alpha value is -0.650. The van der Waals surface area contributed by atoms with Crippen molar-refractivity contribution in [2.75, 3.05) is 24.6 Å². The number of benzene rings is 1. The SMILES string of the molecule is CC1CN(c2ccc(C(N)=S)c(Br)c2)CCO1. The van der Waals surface area contributed by atoms with Gasteiger partial charge in [-0.1, -0.05) is 12.2 Å². The average Bonchev–Trinajstić information content (AvgIpc) is 2.28. The monoisotopic (exact) mass is 314 g/mol. The molecular formula is C12H15BrN2OS. The lowest BCUT2D eigenvalue weighted by molar-refractivity contribution is 0.0532. The number of nitrogens with two attached hydrogens (primary N) is 1. The van der Waals surface area contributed by atoms with E-state index in [1.54, 1.807) is 0 Å². The summed E-state index contributed by atoms with van der Waals surface area (Å²) in [5, 5.41) is 0. The van der Waals surface area contributed by atoms with Crippen molar-refractivity contribution in [1.82, 2.24) is 0 Å². The van der Waals surface area contributed by atoms with E-state index in [4.69, 9.17) is 22.7 Å². The molecule has 1 aliphatic rings. The minimum Gasteiger partial charge on any atom is -0.389 e. The quantitative estimate of drug-likeness (QED) is 0.850. The molecule has 0 amide bonds. The molecule has 2 rings (SSSR count). The van der Waals surface area contributed by atoms with E-state index in [-0.39, 0.29) is 6.10 Å². The Morgan fingerprint density at radius 2 is 2.35 bits per heavy atom. The molecule has 17 heavy (non-hydrogen) atoms. The standard InChI is InChI=1S/C12H15BrN2OS/c1-8-7-15(4-5-16-8)9-2-3-10(12(14)17)11(13)6-9/h2-3,6,8H,4-5,7H2,1H3,(H2,14,17). The van der Waals surface area contributed by atoms with Crippen molar-refractivity contribution < 1.29 is 4.74 Å². The Balaban J connectivity index is 2.22. The van der Waals surface area contributed by atoms with Gasteiger partial charge in [0.15, 0.2) is 0 Å². The maximum atomic E-state index is 5.63. The van der Waals surface area contributed by atoms with Gasteiger partial charge in [0, 0.05) is 28.8 Å². The summed E-state index contributed by atoms with van der Waals surface area (Å²) in [6.45, 7) is 4.70. The summed E-state index contributed by atoms with van der Waals surface area (Å²) in [7, 11) is 0. The fourth-order valence-corrected chi connectivity index (χ4v) is 2.84. The normalized spacial score (nSPS) is 20.4. The number of hydrogen-bond acceptors (Lipinski definition) is 3. The van der Waals surface area contributed by atoms with Crippen LogP contribution in [-0.2, 0) is 4.74 Å². The minimum absolute atomic E-state index is 0.276. The van der Waals surface area contributed by atoms with Crippen molar-refractivity contribution in [3.05, 3.63) is 28.2 Å². The molecule has 1 aromatic rings. The van der Waals surface area contributed by atoms with Crippen LogP contribution in [0.3, 0.4) is 0 Å². The third kappa shape index (κ3) is 2.97. The van der Waals surface area contributed by atoms with E-state index in [0.29, 0.717) is 4.99 Å². The van der Waals surface area contributed by atoms with Crippen molar-refractivity contribution in [2.45, 2.75) is 13.0 Å². The molecule has 1 aliphatic heterocycles. The number of anilines is 1. The highest BCUT2D eigenvalue weighted by Gasteiger charge is 2.17. The molecule has 0 radical (unpaired) electrons. The predicted octanol–water partition coefficient (Wildman–Crippen LogP) is 2.31. The van der Waals surface area contributed by atoms with Gasteiger partial charge in [-0.15, -0.1) is 0 Å². The number of rotatable bonds is 2. The summed E-state index contributed by atoms with van der Waals surface area (Å²) in [5.41, 5.74) is 7.69. The van der Waals surface area contributed by atoms with Crippen LogP contribution in [-0.4, -0.2) is 30.8 Å². The molecule has 0 aliphatic carbocycles. The molecule has 1 atom stereocenters. The second-order valence-corrected chi connectivity index (χ2v) is 5.45. The molecule has 3 nitrogen and oxygen atoms in total. The summed E-state index contributed by atoms with van der Waals surface area (Å²) in [6, 6.07) is 6.08. The molecule has 1 heterocycles. The van der Waals surface area contributed by atoms with Gasteiger partial charge in [-0.3, -0.25) is 0 Å². The van der Waals surface area contributed by atoms with E-state index >= 15 is 0 Å². The van der Waals surface area contributed by atoms with Crippen LogP contribution in [0.15, 0.2) is 22.7 Å². The lowest BCUT2D eigenvalue weighted by atomic mass is 10.1. The molecule has 0 aromatic heterocycles. The highest BCUT2D eigenvalue weighted by Crippen LogP contribution is 2.25. The first-order valence-corrected chi connectivity index (χ1v) is 6.74. The summed E-state index contributed by atoms with van der Waals surface area (Å²) in [5.74, 6) is 0. The first-order valence-electron chi connectivity index (χ1n) is 5.54. The zero-order valence-electron chi connectivity index (χ0n) is 9.65. The average molecular weight is 315 g/mol. The lowest BCUT2D eigenvalue weighted by Crippen LogP contribution is -2.41. The first-order chi connectivity index (χ1) is 8.08. The third-order valence-electron chi connectivity index (χ3n) is 2.82. The van der Waals surface area contributed by atoms with Crippen LogP contribution in [0.1, 0.15) is 12.5 Å². The van der Waals surface area contributed by atoms with E-state index in [1.807, 2.05) is 6.07 Å². The van der Waals surface area contributed by atoms with Gasteiger partial charge in [0.25, 0.3) is 0 Å². The molecule has 2 N–H and O–H groups in total. The highest BCUT2D eigenvalue weighted by molar-refractivity contribution is 9.10. The fraction of sp³-hybridized carbons (Fsp3) is 0.417. The van der Waals surface area contributed by atoms with Gasteiger partial charge in [-0.25, -0.2) is 0 Å². The molecule has 1 fully saturated rings. The van der Waals surface area contributed by atoms with E-state index < -0.39 is 0 Å². The second-order valence-electron chi connectivity index (χ2n) is 4.16. The number of thiocarbonyl (C=S) groups is 1. The van der Waals surface area contributed by atoms with Gasteiger partial charge < -0.3 is 15.4 Å². The number of halogens is 1. The van der Waals surface area contributed by atoms with Crippen molar-refractivity contribution >= 4 is 38.8 Å². The van der Waals surface area contributed by atoms with Gasteiger partial charge >= 0.3 is 0 Å². The molecule has 0 spiro atoms. The van der Waals surface area contributed by atoms with Crippen LogP contribution in [0.5, 0.6) is 0 Å². The number of nitrogens with zero attached hydrogens (tertiary/aromatic N) is 1. The Labute approximate surface area is 115 Å². The van der Waals surface area contributed by atoms with Crippen molar-refractivity contribution in [3.63, 3.8) is 0 Å². The Morgan fingerprint density at radius 3 is 2.94 bits per heavy atom. The molecule has 0 saturated carbocycles. The van der Waals surface area contributed by atoms with Gasteiger partial charge in [0.2, 0.25) is 0 Å². The number of hydrogen-bond donors (Lipinski definition) is 1. The number of morpholine rings is 1. The lowest BCUT2D eigenvalue weighted by Gasteiger charge is -2.33. The third-order valence-corrected chi connectivity index (χ3v) is 3.70. The van der Waals surface area contributed by atoms with Gasteiger partial charge in [-0.2, -0.15) is 0 Å². The molecule has 92 valence electrons. The number of ether oxygens (including phenoxy) is 1. The Kier molecular flexibility index (Phi) is 4.01. The minimum atomic E-state index is 0.276. The van der Waals surface area contributed by atoms with E-state index in [9.17, 15) is 0 Å². The molecular weight excluding hydrogens is 300 g/mol. The maximum absolute atomic E-state index is 5.63. The summed E-state index contributed by atoms with van der Waals surface area (Å²) >= 11 is 8.49. The van der Waals surface area contributed by atoms with Crippen molar-refractivity contribution in [3.8, 4) is 0 Å². The molecule has 1 saturated heterocycles.